The number of amides is 1. The maximum absolute atomic E-state index is 13.5. The number of benzene rings is 3. The van der Waals surface area contributed by atoms with Crippen molar-refractivity contribution in [2.75, 3.05) is 5.32 Å². The van der Waals surface area contributed by atoms with Gasteiger partial charge in [-0.3, -0.25) is 4.79 Å². The highest BCUT2D eigenvalue weighted by Gasteiger charge is 2.30. The first-order chi connectivity index (χ1) is 17.7. The topological polar surface area (TPSA) is 64.1 Å². The van der Waals surface area contributed by atoms with Crippen molar-refractivity contribution in [3.05, 3.63) is 90.4 Å². The lowest BCUT2D eigenvalue weighted by Gasteiger charge is -2.14. The Labute approximate surface area is 212 Å². The van der Waals surface area contributed by atoms with E-state index in [0.29, 0.717) is 38.7 Å². The van der Waals surface area contributed by atoms with Gasteiger partial charge in [0.2, 0.25) is 11.8 Å². The zero-order valence-electron chi connectivity index (χ0n) is 19.1. The fourth-order valence-electron chi connectivity index (χ4n) is 3.75. The van der Waals surface area contributed by atoms with Gasteiger partial charge in [0, 0.05) is 24.8 Å². The van der Waals surface area contributed by atoms with E-state index in [1.165, 1.54) is 48.7 Å². The summed E-state index contributed by atoms with van der Waals surface area (Å²) in [6.07, 6.45) is -2.94. The van der Waals surface area contributed by atoms with E-state index in [2.05, 4.69) is 15.3 Å². The average Bonchev–Trinajstić information content (AvgIpc) is 3.27. The predicted octanol–water partition coefficient (Wildman–Crippen LogP) is 7.93. The number of anilines is 1. The Kier molecular flexibility index (Phi) is 6.34. The highest BCUT2D eigenvalue weighted by atomic mass is 32.1. The number of pyridine rings is 1. The van der Waals surface area contributed by atoms with E-state index in [-0.39, 0.29) is 11.8 Å². The lowest BCUT2D eigenvalue weighted by Crippen LogP contribution is -2.04. The van der Waals surface area contributed by atoms with E-state index >= 15 is 0 Å². The van der Waals surface area contributed by atoms with Gasteiger partial charge in [-0.2, -0.15) is 13.2 Å². The molecule has 5 nitrogen and oxygen atoms in total. The number of ether oxygens (including phenoxy) is 1. The zero-order valence-corrected chi connectivity index (χ0v) is 20.0. The molecule has 1 amide bonds. The number of halogens is 4. The predicted molar refractivity (Wildman–Crippen MR) is 134 cm³/mol. The molecule has 0 bridgehead atoms. The monoisotopic (exact) mass is 523 g/mol. The van der Waals surface area contributed by atoms with Gasteiger partial charge in [0.15, 0.2) is 10.9 Å². The number of para-hydroxylation sites is 1. The quantitative estimate of drug-likeness (QED) is 0.238. The molecule has 0 saturated carbocycles. The number of fused-ring (bicyclic) bond motifs is 1. The number of nitrogens with one attached hydrogen (secondary N) is 1. The van der Waals surface area contributed by atoms with Gasteiger partial charge in [-0.05, 0) is 53.1 Å². The molecule has 2 aromatic heterocycles. The summed E-state index contributed by atoms with van der Waals surface area (Å²) in [5, 5.41) is 3.07. The van der Waals surface area contributed by atoms with Gasteiger partial charge >= 0.3 is 6.18 Å². The third kappa shape index (κ3) is 5.29. The Morgan fingerprint density at radius 1 is 0.946 bits per heavy atom. The lowest BCUT2D eigenvalue weighted by atomic mass is 9.95. The number of thiazole rings is 1. The van der Waals surface area contributed by atoms with Crippen molar-refractivity contribution < 1.29 is 27.1 Å². The molecule has 186 valence electrons. The molecule has 10 heteroatoms. The van der Waals surface area contributed by atoms with Gasteiger partial charge in [-0.25, -0.2) is 14.4 Å². The fourth-order valence-corrected chi connectivity index (χ4v) is 4.68. The van der Waals surface area contributed by atoms with Crippen LogP contribution in [0.5, 0.6) is 11.6 Å². The molecule has 37 heavy (non-hydrogen) atoms. The van der Waals surface area contributed by atoms with Crippen LogP contribution in [0.1, 0.15) is 12.5 Å². The molecule has 0 spiro atoms. The van der Waals surface area contributed by atoms with Crippen LogP contribution in [0.25, 0.3) is 32.5 Å². The summed E-state index contributed by atoms with van der Waals surface area (Å²) >= 11 is 1.29. The third-order valence-electron chi connectivity index (χ3n) is 5.44. The second kappa shape index (κ2) is 9.62. The Morgan fingerprint density at radius 2 is 1.62 bits per heavy atom. The van der Waals surface area contributed by atoms with Crippen LogP contribution in [0.2, 0.25) is 0 Å². The largest absolute Gasteiger partial charge is 0.437 e. The molecular formula is C27H17F4N3O2S. The average molecular weight is 524 g/mol. The number of hydrogen-bond donors (Lipinski definition) is 1. The van der Waals surface area contributed by atoms with Gasteiger partial charge in [0.1, 0.15) is 11.3 Å². The second-order valence-corrected chi connectivity index (χ2v) is 9.09. The number of alkyl halides is 3. The molecule has 0 aliphatic rings. The van der Waals surface area contributed by atoms with Crippen molar-refractivity contribution in [3.63, 3.8) is 0 Å². The van der Waals surface area contributed by atoms with Gasteiger partial charge < -0.3 is 10.1 Å². The molecule has 5 aromatic rings. The Morgan fingerprint density at radius 3 is 2.30 bits per heavy atom. The molecule has 0 aliphatic heterocycles. The van der Waals surface area contributed by atoms with Crippen molar-refractivity contribution in [1.29, 1.82) is 0 Å². The standard InChI is InChI=1S/C27H17F4N3O2S/c1-15(35)33-26-34-25-22(3-2-4-23(25)37-26)36-24-13-20(16-5-9-18(10-6-16)27(29,30)31)21(14-32-24)17-7-11-19(28)12-8-17/h2-14H,1H3,(H,33,34,35). The highest BCUT2D eigenvalue weighted by Crippen LogP contribution is 2.39. The second-order valence-electron chi connectivity index (χ2n) is 8.06. The summed E-state index contributed by atoms with van der Waals surface area (Å²) in [6.45, 7) is 1.39. The number of carbonyl (C=O) groups is 1. The van der Waals surface area contributed by atoms with Crippen molar-refractivity contribution in [2.24, 2.45) is 0 Å². The lowest BCUT2D eigenvalue weighted by molar-refractivity contribution is -0.137. The van der Waals surface area contributed by atoms with Crippen LogP contribution < -0.4 is 10.1 Å². The molecule has 0 saturated heterocycles. The van der Waals surface area contributed by atoms with Gasteiger partial charge in [0.25, 0.3) is 0 Å². The molecule has 0 atom stereocenters. The molecule has 0 radical (unpaired) electrons. The SMILES string of the molecule is CC(=O)Nc1nc2c(Oc3cc(-c4ccc(C(F)(F)F)cc4)c(-c4ccc(F)cc4)cn3)cccc2s1. The van der Waals surface area contributed by atoms with Gasteiger partial charge in [-0.1, -0.05) is 41.7 Å². The van der Waals surface area contributed by atoms with Crippen LogP contribution in [0, 0.1) is 5.82 Å². The minimum Gasteiger partial charge on any atom is -0.437 e. The van der Waals surface area contributed by atoms with Crippen LogP contribution in [-0.2, 0) is 11.0 Å². The summed E-state index contributed by atoms with van der Waals surface area (Å²) < 4.78 is 59.7. The number of aromatic nitrogens is 2. The van der Waals surface area contributed by atoms with Crippen molar-refractivity contribution in [1.82, 2.24) is 9.97 Å². The van der Waals surface area contributed by atoms with E-state index in [0.717, 1.165) is 16.8 Å². The Hall–Kier alpha value is -4.31. The maximum atomic E-state index is 13.5. The molecule has 0 unspecified atom stereocenters. The summed E-state index contributed by atoms with van der Waals surface area (Å²) in [5.41, 5.74) is 2.03. The molecule has 0 aliphatic carbocycles. The summed E-state index contributed by atoms with van der Waals surface area (Å²) in [6, 6.07) is 17.4. The minimum atomic E-state index is -4.47. The molecule has 0 fully saturated rings. The number of rotatable bonds is 5. The summed E-state index contributed by atoms with van der Waals surface area (Å²) in [5.74, 6) is -0.0865. The van der Waals surface area contributed by atoms with Gasteiger partial charge in [0.05, 0.1) is 10.3 Å². The van der Waals surface area contributed by atoms with E-state index in [9.17, 15) is 22.4 Å². The normalized spacial score (nSPS) is 11.5. The Bertz CT molecular complexity index is 1600. The van der Waals surface area contributed by atoms with Gasteiger partial charge in [-0.15, -0.1) is 0 Å². The van der Waals surface area contributed by atoms with Crippen molar-refractivity contribution in [3.8, 4) is 33.9 Å². The molecule has 2 heterocycles. The van der Waals surface area contributed by atoms with Crippen LogP contribution >= 0.6 is 11.3 Å². The van der Waals surface area contributed by atoms with Crippen molar-refractivity contribution in [2.45, 2.75) is 13.1 Å². The van der Waals surface area contributed by atoms with Crippen LogP contribution in [-0.4, -0.2) is 15.9 Å². The number of carbonyl (C=O) groups excluding carboxylic acids is 1. The first-order valence-corrected chi connectivity index (χ1v) is 11.8. The first kappa shape index (κ1) is 24.4. The van der Waals surface area contributed by atoms with E-state index in [1.807, 2.05) is 6.07 Å². The highest BCUT2D eigenvalue weighted by molar-refractivity contribution is 7.22. The first-order valence-electron chi connectivity index (χ1n) is 11.0. The molecule has 3 aromatic carbocycles. The van der Waals surface area contributed by atoms with Crippen LogP contribution in [0.3, 0.4) is 0 Å². The fraction of sp³-hybridized carbons (Fsp3) is 0.0741. The molecule has 1 N–H and O–H groups in total. The van der Waals surface area contributed by atoms with Crippen molar-refractivity contribution >= 4 is 32.6 Å². The smallest absolute Gasteiger partial charge is 0.416 e. The minimum absolute atomic E-state index is 0.183. The Balaban J connectivity index is 1.57. The maximum Gasteiger partial charge on any atom is 0.416 e. The number of hydrogen-bond acceptors (Lipinski definition) is 5. The molecule has 5 rings (SSSR count). The van der Waals surface area contributed by atoms with E-state index < -0.39 is 17.6 Å². The zero-order chi connectivity index (χ0) is 26.2. The van der Waals surface area contributed by atoms with Crippen LogP contribution in [0.4, 0.5) is 22.7 Å². The van der Waals surface area contributed by atoms with E-state index in [4.69, 9.17) is 4.74 Å². The summed E-state index contributed by atoms with van der Waals surface area (Å²) in [7, 11) is 0. The summed E-state index contributed by atoms with van der Waals surface area (Å²) in [4.78, 5) is 20.2. The van der Waals surface area contributed by atoms with E-state index in [1.54, 1.807) is 30.3 Å². The third-order valence-corrected chi connectivity index (χ3v) is 6.37. The molecular weight excluding hydrogens is 506 g/mol. The number of nitrogens with zero attached hydrogens (tertiary/aromatic N) is 2. The van der Waals surface area contributed by atoms with Crippen LogP contribution in [0.15, 0.2) is 79.0 Å².